The van der Waals surface area contributed by atoms with Gasteiger partial charge in [-0.1, -0.05) is 36.8 Å². The molecular weight excluding hydrogens is 348 g/mol. The molecule has 2 aromatic rings. The monoisotopic (exact) mass is 372 g/mol. The molecule has 1 amide bonds. The lowest BCUT2D eigenvalue weighted by Gasteiger charge is -2.31. The molecule has 0 radical (unpaired) electrons. The lowest BCUT2D eigenvalue weighted by Crippen LogP contribution is -2.39. The van der Waals surface area contributed by atoms with Crippen molar-refractivity contribution in [2.24, 2.45) is 5.92 Å². The van der Waals surface area contributed by atoms with Crippen LogP contribution < -0.4 is 4.72 Å². The highest BCUT2D eigenvalue weighted by Gasteiger charge is 2.25. The fraction of sp³-hybridized carbons (Fsp3) is 0.350. The first-order valence-corrected chi connectivity index (χ1v) is 10.3. The van der Waals surface area contributed by atoms with E-state index in [4.69, 9.17) is 0 Å². The first-order chi connectivity index (χ1) is 12.4. The number of carbonyl (C=O) groups is 1. The van der Waals surface area contributed by atoms with Crippen molar-refractivity contribution in [3.63, 3.8) is 0 Å². The van der Waals surface area contributed by atoms with Crippen molar-refractivity contribution in [3.8, 4) is 0 Å². The second-order valence-corrected chi connectivity index (χ2v) is 8.65. The second kappa shape index (κ2) is 7.50. The number of piperidine rings is 1. The number of nitrogens with zero attached hydrogens (tertiary/aromatic N) is 1. The van der Waals surface area contributed by atoms with Gasteiger partial charge in [0.15, 0.2) is 0 Å². The second-order valence-electron chi connectivity index (χ2n) is 6.96. The van der Waals surface area contributed by atoms with Crippen LogP contribution in [0.25, 0.3) is 0 Å². The molecule has 1 heterocycles. The number of sulfonamides is 1. The fourth-order valence-corrected chi connectivity index (χ4v) is 4.30. The van der Waals surface area contributed by atoms with Gasteiger partial charge in [-0.2, -0.15) is 0 Å². The summed E-state index contributed by atoms with van der Waals surface area (Å²) in [6.07, 6.45) is 2.09. The Balaban J connectivity index is 1.87. The molecule has 0 saturated carbocycles. The van der Waals surface area contributed by atoms with Crippen LogP contribution in [0.3, 0.4) is 0 Å². The van der Waals surface area contributed by atoms with E-state index in [0.29, 0.717) is 30.3 Å². The Bertz CT molecular complexity index is 892. The standard InChI is InChI=1S/C20H24N2O3S/c1-15-9-11-17(12-10-15)26(24,25)21-19-8-4-3-7-18(19)20(23)22-13-5-6-16(2)14-22/h3-4,7-12,16,21H,5-6,13-14H2,1-2H3/t16-/m0/s1. The maximum atomic E-state index is 12.9. The van der Waals surface area contributed by atoms with Crippen molar-refractivity contribution in [3.05, 3.63) is 59.7 Å². The Morgan fingerprint density at radius 2 is 1.81 bits per heavy atom. The van der Waals surface area contributed by atoms with Crippen molar-refractivity contribution in [2.75, 3.05) is 17.8 Å². The minimum absolute atomic E-state index is 0.126. The summed E-state index contributed by atoms with van der Waals surface area (Å²) >= 11 is 0. The third-order valence-corrected chi connectivity index (χ3v) is 6.06. The van der Waals surface area contributed by atoms with Crippen LogP contribution in [0, 0.1) is 12.8 Å². The van der Waals surface area contributed by atoms with Crippen molar-refractivity contribution in [1.82, 2.24) is 4.90 Å². The van der Waals surface area contributed by atoms with Gasteiger partial charge < -0.3 is 4.90 Å². The van der Waals surface area contributed by atoms with E-state index in [1.165, 1.54) is 0 Å². The Morgan fingerprint density at radius 1 is 1.12 bits per heavy atom. The van der Waals surface area contributed by atoms with Crippen LogP contribution in [0.4, 0.5) is 5.69 Å². The van der Waals surface area contributed by atoms with Gasteiger partial charge in [0.25, 0.3) is 15.9 Å². The highest BCUT2D eigenvalue weighted by molar-refractivity contribution is 7.92. The molecular formula is C20H24N2O3S. The number of aryl methyl sites for hydroxylation is 1. The molecule has 1 saturated heterocycles. The molecule has 1 atom stereocenters. The zero-order valence-electron chi connectivity index (χ0n) is 15.1. The van der Waals surface area contributed by atoms with E-state index in [0.717, 1.165) is 18.4 Å². The smallest absolute Gasteiger partial charge is 0.261 e. The van der Waals surface area contributed by atoms with Crippen LogP contribution in [-0.2, 0) is 10.0 Å². The number of anilines is 1. The van der Waals surface area contributed by atoms with E-state index in [1.54, 1.807) is 48.5 Å². The van der Waals surface area contributed by atoms with E-state index in [9.17, 15) is 13.2 Å². The third kappa shape index (κ3) is 4.07. The number of likely N-dealkylation sites (tertiary alicyclic amines) is 1. The first-order valence-electron chi connectivity index (χ1n) is 8.84. The lowest BCUT2D eigenvalue weighted by atomic mass is 9.99. The average Bonchev–Trinajstić information content (AvgIpc) is 2.62. The number of benzene rings is 2. The zero-order valence-corrected chi connectivity index (χ0v) is 15.9. The average molecular weight is 372 g/mol. The molecule has 1 fully saturated rings. The van der Waals surface area contributed by atoms with Crippen LogP contribution in [0.2, 0.25) is 0 Å². The predicted molar refractivity (Wildman–Crippen MR) is 103 cm³/mol. The molecule has 1 aliphatic heterocycles. The summed E-state index contributed by atoms with van der Waals surface area (Å²) in [5, 5.41) is 0. The Labute approximate surface area is 155 Å². The molecule has 0 aliphatic carbocycles. The minimum atomic E-state index is -3.75. The van der Waals surface area contributed by atoms with Crippen molar-refractivity contribution >= 4 is 21.6 Å². The molecule has 5 nitrogen and oxygen atoms in total. The predicted octanol–water partition coefficient (Wildman–Crippen LogP) is 3.67. The van der Waals surface area contributed by atoms with Crippen LogP contribution >= 0.6 is 0 Å². The first kappa shape index (κ1) is 18.5. The highest BCUT2D eigenvalue weighted by Crippen LogP contribution is 2.24. The molecule has 26 heavy (non-hydrogen) atoms. The van der Waals surface area contributed by atoms with Gasteiger partial charge in [0.2, 0.25) is 0 Å². The van der Waals surface area contributed by atoms with Crippen molar-refractivity contribution in [1.29, 1.82) is 0 Å². The quantitative estimate of drug-likeness (QED) is 0.890. The summed E-state index contributed by atoms with van der Waals surface area (Å²) in [4.78, 5) is 14.9. The van der Waals surface area contributed by atoms with E-state index >= 15 is 0 Å². The van der Waals surface area contributed by atoms with Crippen LogP contribution in [0.15, 0.2) is 53.4 Å². The lowest BCUT2D eigenvalue weighted by molar-refractivity contribution is 0.0684. The SMILES string of the molecule is Cc1ccc(S(=O)(=O)Nc2ccccc2C(=O)N2CCC[C@H](C)C2)cc1. The van der Waals surface area contributed by atoms with Crippen molar-refractivity contribution < 1.29 is 13.2 Å². The number of amides is 1. The molecule has 138 valence electrons. The summed E-state index contributed by atoms with van der Waals surface area (Å²) in [5.41, 5.74) is 1.69. The third-order valence-electron chi connectivity index (χ3n) is 4.68. The van der Waals surface area contributed by atoms with Gasteiger partial charge in [0, 0.05) is 13.1 Å². The maximum absolute atomic E-state index is 12.9. The van der Waals surface area contributed by atoms with Gasteiger partial charge in [-0.25, -0.2) is 8.42 Å². The molecule has 0 bridgehead atoms. The van der Waals surface area contributed by atoms with Gasteiger partial charge in [-0.15, -0.1) is 0 Å². The summed E-state index contributed by atoms with van der Waals surface area (Å²) in [7, 11) is -3.75. The van der Waals surface area contributed by atoms with E-state index in [2.05, 4.69) is 11.6 Å². The van der Waals surface area contributed by atoms with E-state index < -0.39 is 10.0 Å². The number of para-hydroxylation sites is 1. The van der Waals surface area contributed by atoms with E-state index in [1.807, 2.05) is 11.8 Å². The summed E-state index contributed by atoms with van der Waals surface area (Å²) in [6.45, 7) is 5.45. The molecule has 3 rings (SSSR count). The number of hydrogen-bond donors (Lipinski definition) is 1. The molecule has 6 heteroatoms. The van der Waals surface area contributed by atoms with Gasteiger partial charge in [0.05, 0.1) is 16.1 Å². The molecule has 1 aliphatic rings. The molecule has 0 spiro atoms. The van der Waals surface area contributed by atoms with Crippen molar-refractivity contribution in [2.45, 2.75) is 31.6 Å². The minimum Gasteiger partial charge on any atom is -0.338 e. The number of hydrogen-bond acceptors (Lipinski definition) is 3. The Morgan fingerprint density at radius 3 is 2.50 bits per heavy atom. The molecule has 0 unspecified atom stereocenters. The Kier molecular flexibility index (Phi) is 5.32. The normalized spacial score (nSPS) is 17.8. The topological polar surface area (TPSA) is 66.5 Å². The molecule has 2 aromatic carbocycles. The Hall–Kier alpha value is -2.34. The largest absolute Gasteiger partial charge is 0.338 e. The fourth-order valence-electron chi connectivity index (χ4n) is 3.22. The number of carbonyl (C=O) groups excluding carboxylic acids is 1. The van der Waals surface area contributed by atoms with Gasteiger partial charge in [0.1, 0.15) is 0 Å². The highest BCUT2D eigenvalue weighted by atomic mass is 32.2. The zero-order chi connectivity index (χ0) is 18.7. The number of nitrogens with one attached hydrogen (secondary N) is 1. The number of rotatable bonds is 4. The van der Waals surface area contributed by atoms with Crippen LogP contribution in [0.5, 0.6) is 0 Å². The van der Waals surface area contributed by atoms with Gasteiger partial charge >= 0.3 is 0 Å². The van der Waals surface area contributed by atoms with Gasteiger partial charge in [-0.3, -0.25) is 9.52 Å². The summed E-state index contributed by atoms with van der Waals surface area (Å²) in [5.74, 6) is 0.336. The maximum Gasteiger partial charge on any atom is 0.261 e. The summed E-state index contributed by atoms with van der Waals surface area (Å²) in [6, 6.07) is 13.4. The van der Waals surface area contributed by atoms with Crippen LogP contribution in [0.1, 0.15) is 35.7 Å². The molecule has 1 N–H and O–H groups in total. The van der Waals surface area contributed by atoms with Gasteiger partial charge in [-0.05, 0) is 49.9 Å². The van der Waals surface area contributed by atoms with E-state index in [-0.39, 0.29) is 10.8 Å². The van der Waals surface area contributed by atoms with Crippen LogP contribution in [-0.4, -0.2) is 32.3 Å². The summed E-state index contributed by atoms with van der Waals surface area (Å²) < 4.78 is 27.9. The molecule has 0 aromatic heterocycles.